The maximum Gasteiger partial charge on any atom is 0.251 e. The molecule has 0 aliphatic carbocycles. The van der Waals surface area contributed by atoms with Gasteiger partial charge in [0.2, 0.25) is 11.8 Å². The molecule has 29 heavy (non-hydrogen) atoms. The van der Waals surface area contributed by atoms with Crippen LogP contribution >= 0.6 is 0 Å². The molecule has 1 aromatic carbocycles. The van der Waals surface area contributed by atoms with Crippen molar-refractivity contribution >= 4 is 5.91 Å². The van der Waals surface area contributed by atoms with E-state index in [4.69, 9.17) is 8.83 Å². The summed E-state index contributed by atoms with van der Waals surface area (Å²) in [4.78, 5) is 16.9. The maximum absolute atomic E-state index is 12.6. The number of aromatic nitrogens is 2. The molecule has 1 amide bonds. The van der Waals surface area contributed by atoms with Crippen molar-refractivity contribution in [2.24, 2.45) is 0 Å². The molecule has 152 valence electrons. The van der Waals surface area contributed by atoms with Crippen molar-refractivity contribution in [1.82, 2.24) is 20.0 Å². The number of carbonyl (C=O) groups excluding carboxylic acids is 1. The van der Waals surface area contributed by atoms with E-state index in [1.165, 1.54) is 11.1 Å². The van der Waals surface area contributed by atoms with Gasteiger partial charge in [-0.2, -0.15) is 0 Å². The zero-order valence-electron chi connectivity index (χ0n) is 16.9. The minimum atomic E-state index is 0.139. The Balaban J connectivity index is 1.25. The first kappa shape index (κ1) is 19.4. The highest BCUT2D eigenvalue weighted by Crippen LogP contribution is 2.23. The monoisotopic (exact) mass is 394 g/mol. The lowest BCUT2D eigenvalue weighted by Crippen LogP contribution is -2.48. The second-order valence-electron chi connectivity index (χ2n) is 7.47. The van der Waals surface area contributed by atoms with Crippen LogP contribution in [0.4, 0.5) is 0 Å². The van der Waals surface area contributed by atoms with Crippen LogP contribution in [0.25, 0.3) is 11.5 Å². The molecule has 1 aliphatic rings. The van der Waals surface area contributed by atoms with Crippen molar-refractivity contribution in [3.63, 3.8) is 0 Å². The van der Waals surface area contributed by atoms with Gasteiger partial charge in [-0.05, 0) is 31.0 Å². The summed E-state index contributed by atoms with van der Waals surface area (Å²) in [5.74, 6) is 1.79. The second kappa shape index (κ2) is 8.61. The first-order valence-electron chi connectivity index (χ1n) is 10.0. The fraction of sp³-hybridized carbons (Fsp3) is 0.409. The first-order chi connectivity index (χ1) is 14.1. The lowest BCUT2D eigenvalue weighted by molar-refractivity contribution is -0.133. The van der Waals surface area contributed by atoms with E-state index in [-0.39, 0.29) is 5.91 Å². The molecule has 1 fully saturated rings. The number of hydrogen-bond acceptors (Lipinski definition) is 6. The highest BCUT2D eigenvalue weighted by atomic mass is 16.4. The van der Waals surface area contributed by atoms with Crippen molar-refractivity contribution in [1.29, 1.82) is 0 Å². The fourth-order valence-corrected chi connectivity index (χ4v) is 3.63. The lowest BCUT2D eigenvalue weighted by Gasteiger charge is -2.35. The van der Waals surface area contributed by atoms with Crippen molar-refractivity contribution in [2.75, 3.05) is 26.2 Å². The van der Waals surface area contributed by atoms with Crippen LogP contribution in [0.2, 0.25) is 0 Å². The third-order valence-electron chi connectivity index (χ3n) is 5.49. The quantitative estimate of drug-likeness (QED) is 0.639. The van der Waals surface area contributed by atoms with Gasteiger partial charge in [-0.15, -0.1) is 10.2 Å². The number of benzene rings is 1. The summed E-state index contributed by atoms with van der Waals surface area (Å²) in [5.41, 5.74) is 3.46. The summed E-state index contributed by atoms with van der Waals surface area (Å²) in [7, 11) is 0. The van der Waals surface area contributed by atoms with E-state index >= 15 is 0 Å². The Morgan fingerprint density at radius 2 is 1.86 bits per heavy atom. The molecule has 4 rings (SSSR count). The summed E-state index contributed by atoms with van der Waals surface area (Å²) in [5, 5.41) is 8.12. The van der Waals surface area contributed by atoms with Gasteiger partial charge in [0.15, 0.2) is 0 Å². The van der Waals surface area contributed by atoms with Crippen LogP contribution in [0.3, 0.4) is 0 Å². The highest BCUT2D eigenvalue weighted by molar-refractivity contribution is 5.76. The van der Waals surface area contributed by atoms with Crippen LogP contribution in [0.1, 0.15) is 29.2 Å². The third-order valence-corrected chi connectivity index (χ3v) is 5.49. The number of piperazine rings is 1. The first-order valence-corrected chi connectivity index (χ1v) is 10.0. The van der Waals surface area contributed by atoms with Crippen molar-refractivity contribution < 1.29 is 13.6 Å². The van der Waals surface area contributed by atoms with Crippen molar-refractivity contribution in [3.05, 3.63) is 59.4 Å². The number of nitrogens with zero attached hydrogens (tertiary/aromatic N) is 4. The van der Waals surface area contributed by atoms with E-state index in [1.54, 1.807) is 12.3 Å². The second-order valence-corrected chi connectivity index (χ2v) is 7.47. The topological polar surface area (TPSA) is 75.6 Å². The number of carbonyl (C=O) groups is 1. The molecule has 0 radical (unpaired) electrons. The molecule has 3 heterocycles. The molecular weight excluding hydrogens is 368 g/mol. The van der Waals surface area contributed by atoms with Crippen LogP contribution in [-0.4, -0.2) is 52.1 Å². The summed E-state index contributed by atoms with van der Waals surface area (Å²) >= 11 is 0. The smallest absolute Gasteiger partial charge is 0.251 e. The Morgan fingerprint density at radius 3 is 2.59 bits per heavy atom. The van der Waals surface area contributed by atoms with Gasteiger partial charge in [0.25, 0.3) is 5.89 Å². The Kier molecular flexibility index (Phi) is 5.76. The van der Waals surface area contributed by atoms with E-state index in [1.807, 2.05) is 11.8 Å². The minimum absolute atomic E-state index is 0.139. The average Bonchev–Trinajstić information content (AvgIpc) is 3.37. The van der Waals surface area contributed by atoms with Crippen molar-refractivity contribution in [2.45, 2.75) is 33.2 Å². The summed E-state index contributed by atoms with van der Waals surface area (Å²) in [6.45, 7) is 8.23. The average molecular weight is 394 g/mol. The molecule has 1 saturated heterocycles. The molecule has 2 aromatic heterocycles. The van der Waals surface area contributed by atoms with Gasteiger partial charge in [0, 0.05) is 45.6 Å². The molecule has 0 N–H and O–H groups in total. The van der Waals surface area contributed by atoms with E-state index in [9.17, 15) is 4.79 Å². The van der Waals surface area contributed by atoms with E-state index in [0.29, 0.717) is 24.6 Å². The van der Waals surface area contributed by atoms with Crippen LogP contribution in [0.5, 0.6) is 0 Å². The van der Waals surface area contributed by atoms with E-state index in [0.717, 1.165) is 44.0 Å². The number of aryl methyl sites for hydroxylation is 3. The van der Waals surface area contributed by atoms with Crippen LogP contribution < -0.4 is 0 Å². The van der Waals surface area contributed by atoms with Gasteiger partial charge in [-0.3, -0.25) is 9.69 Å². The maximum atomic E-state index is 12.6. The normalized spacial score (nSPS) is 15.0. The van der Waals surface area contributed by atoms with E-state index in [2.05, 4.69) is 46.3 Å². The molecule has 0 saturated carbocycles. The molecule has 1 aliphatic heterocycles. The zero-order valence-corrected chi connectivity index (χ0v) is 16.9. The molecule has 0 unspecified atom stereocenters. The van der Waals surface area contributed by atoms with Crippen LogP contribution in [0.15, 0.2) is 45.4 Å². The van der Waals surface area contributed by atoms with Gasteiger partial charge in [-0.25, -0.2) is 0 Å². The van der Waals surface area contributed by atoms with Gasteiger partial charge in [0.05, 0.1) is 11.8 Å². The van der Waals surface area contributed by atoms with Crippen LogP contribution in [0, 0.1) is 13.8 Å². The molecular formula is C22H26N4O3. The molecule has 0 bridgehead atoms. The third kappa shape index (κ3) is 4.56. The Hall–Kier alpha value is -2.93. The Bertz CT molecular complexity index is 970. The van der Waals surface area contributed by atoms with Gasteiger partial charge in [-0.1, -0.05) is 24.3 Å². The Labute approximate surface area is 170 Å². The number of hydrogen-bond donors (Lipinski definition) is 0. The number of amides is 1. The summed E-state index contributed by atoms with van der Waals surface area (Å²) < 4.78 is 10.9. The standard InChI is InChI=1S/C22H26N4O3/c1-16-5-3-4-6-18(16)15-25-10-12-26(13-11-25)21(27)8-7-20-23-24-22(29-20)19-9-14-28-17(19)2/h3-6,9,14H,7-8,10-13,15H2,1-2H3. The Morgan fingerprint density at radius 1 is 1.07 bits per heavy atom. The van der Waals surface area contributed by atoms with E-state index < -0.39 is 0 Å². The van der Waals surface area contributed by atoms with Gasteiger partial charge in [0.1, 0.15) is 5.76 Å². The van der Waals surface area contributed by atoms with Gasteiger partial charge < -0.3 is 13.7 Å². The molecule has 7 heteroatoms. The van der Waals surface area contributed by atoms with Crippen LogP contribution in [-0.2, 0) is 17.8 Å². The highest BCUT2D eigenvalue weighted by Gasteiger charge is 2.22. The summed E-state index contributed by atoms with van der Waals surface area (Å²) in [6.07, 6.45) is 2.42. The fourth-order valence-electron chi connectivity index (χ4n) is 3.63. The van der Waals surface area contributed by atoms with Crippen molar-refractivity contribution in [3.8, 4) is 11.5 Å². The molecule has 3 aromatic rings. The molecule has 0 spiro atoms. The molecule has 7 nitrogen and oxygen atoms in total. The molecule has 0 atom stereocenters. The predicted molar refractivity (Wildman–Crippen MR) is 108 cm³/mol. The zero-order chi connectivity index (χ0) is 20.2. The minimum Gasteiger partial charge on any atom is -0.469 e. The van der Waals surface area contributed by atoms with Gasteiger partial charge >= 0.3 is 0 Å². The summed E-state index contributed by atoms with van der Waals surface area (Å²) in [6, 6.07) is 10.3. The lowest BCUT2D eigenvalue weighted by atomic mass is 10.1. The SMILES string of the molecule is Cc1ccccc1CN1CCN(C(=O)CCc2nnc(-c3ccoc3C)o2)CC1. The largest absolute Gasteiger partial charge is 0.469 e. The predicted octanol–water partition coefficient (Wildman–Crippen LogP) is 3.22. The number of furan rings is 1. The number of rotatable bonds is 6.